The molecule has 3 aromatic heterocycles. The van der Waals surface area contributed by atoms with Gasteiger partial charge in [-0.3, -0.25) is 14.5 Å². The van der Waals surface area contributed by atoms with Gasteiger partial charge in [-0.05, 0) is 24.1 Å². The smallest absolute Gasteiger partial charge is 0.416 e. The summed E-state index contributed by atoms with van der Waals surface area (Å²) in [6.07, 6.45) is -0.655. The van der Waals surface area contributed by atoms with Crippen molar-refractivity contribution in [2.75, 3.05) is 6.61 Å². The van der Waals surface area contributed by atoms with Gasteiger partial charge < -0.3 is 14.4 Å². The van der Waals surface area contributed by atoms with Crippen molar-refractivity contribution in [2.45, 2.75) is 32.6 Å². The van der Waals surface area contributed by atoms with Crippen molar-refractivity contribution in [3.05, 3.63) is 58.1 Å². The maximum Gasteiger partial charge on any atom is 0.416 e. The van der Waals surface area contributed by atoms with Crippen LogP contribution in [0.1, 0.15) is 24.5 Å². The number of fused-ring (bicyclic) bond motifs is 1. The van der Waals surface area contributed by atoms with Gasteiger partial charge in [-0.1, -0.05) is 19.1 Å². The summed E-state index contributed by atoms with van der Waals surface area (Å²) in [6.45, 7) is 1.77. The molecular formula is C21H19F3N6O4. The summed E-state index contributed by atoms with van der Waals surface area (Å²) in [5.74, 6) is -0.839. The highest BCUT2D eigenvalue weighted by molar-refractivity contribution is 5.76. The van der Waals surface area contributed by atoms with E-state index in [4.69, 9.17) is 9.84 Å². The van der Waals surface area contributed by atoms with Gasteiger partial charge in [0.25, 0.3) is 11.6 Å². The second-order valence-electron chi connectivity index (χ2n) is 7.44. The fourth-order valence-electron chi connectivity index (χ4n) is 3.48. The first-order valence-electron chi connectivity index (χ1n) is 10.2. The van der Waals surface area contributed by atoms with Crippen LogP contribution in [0.25, 0.3) is 22.6 Å². The van der Waals surface area contributed by atoms with E-state index in [0.717, 1.165) is 12.1 Å². The summed E-state index contributed by atoms with van der Waals surface area (Å²) in [7, 11) is 0. The van der Waals surface area contributed by atoms with Gasteiger partial charge in [0.15, 0.2) is 17.8 Å². The third-order valence-corrected chi connectivity index (χ3v) is 4.86. The van der Waals surface area contributed by atoms with Crippen molar-refractivity contribution in [1.29, 1.82) is 0 Å². The zero-order valence-electron chi connectivity index (χ0n) is 17.8. The fourth-order valence-corrected chi connectivity index (χ4v) is 3.48. The van der Waals surface area contributed by atoms with Gasteiger partial charge in [-0.15, -0.1) is 0 Å². The first kappa shape index (κ1) is 23.0. The van der Waals surface area contributed by atoms with Gasteiger partial charge in [0.05, 0.1) is 23.9 Å². The number of carboxylic acid groups (broad SMARTS) is 1. The van der Waals surface area contributed by atoms with Crippen LogP contribution in [-0.2, 0) is 24.1 Å². The van der Waals surface area contributed by atoms with Crippen molar-refractivity contribution >= 4 is 17.1 Å². The van der Waals surface area contributed by atoms with Crippen molar-refractivity contribution in [2.24, 2.45) is 0 Å². The molecule has 1 aromatic carbocycles. The number of aliphatic carboxylic acids is 1. The molecule has 0 saturated heterocycles. The van der Waals surface area contributed by atoms with E-state index in [1.165, 1.54) is 16.9 Å². The molecule has 0 spiro atoms. The molecule has 34 heavy (non-hydrogen) atoms. The maximum atomic E-state index is 13.0. The lowest BCUT2D eigenvalue weighted by molar-refractivity contribution is -0.139. The average molecular weight is 476 g/mol. The van der Waals surface area contributed by atoms with Crippen LogP contribution >= 0.6 is 0 Å². The molecule has 0 radical (unpaired) electrons. The highest BCUT2D eigenvalue weighted by Crippen LogP contribution is 2.30. The van der Waals surface area contributed by atoms with Crippen molar-refractivity contribution in [3.63, 3.8) is 0 Å². The van der Waals surface area contributed by atoms with E-state index in [9.17, 15) is 22.8 Å². The van der Waals surface area contributed by atoms with E-state index < -0.39 is 29.9 Å². The van der Waals surface area contributed by atoms with Gasteiger partial charge in [0.1, 0.15) is 5.82 Å². The molecule has 178 valence electrons. The first-order chi connectivity index (χ1) is 16.2. The second-order valence-corrected chi connectivity index (χ2v) is 7.44. The average Bonchev–Trinajstić information content (AvgIpc) is 3.37. The number of ether oxygens (including phenoxy) is 1. The number of nitrogens with one attached hydrogen (secondary N) is 1. The number of aromatic amines is 1. The van der Waals surface area contributed by atoms with Crippen molar-refractivity contribution < 1.29 is 27.8 Å². The number of rotatable bonds is 8. The molecule has 0 aliphatic rings. The van der Waals surface area contributed by atoms with Gasteiger partial charge in [-0.25, -0.2) is 9.78 Å². The minimum absolute atomic E-state index is 0.0678. The Bertz CT molecular complexity index is 1410. The number of aromatic nitrogens is 6. The summed E-state index contributed by atoms with van der Waals surface area (Å²) in [6, 6.07) is 4.71. The van der Waals surface area contributed by atoms with Crippen molar-refractivity contribution in [1.82, 2.24) is 29.3 Å². The molecule has 4 rings (SSSR count). The fraction of sp³-hybridized carbons (Fsp3) is 0.286. The number of carbonyl (C=O) groups is 1. The van der Waals surface area contributed by atoms with E-state index in [1.54, 1.807) is 16.8 Å². The molecule has 13 heteroatoms. The molecule has 0 saturated carbocycles. The van der Waals surface area contributed by atoms with Crippen LogP contribution in [0.3, 0.4) is 0 Å². The van der Waals surface area contributed by atoms with E-state index in [0.29, 0.717) is 29.9 Å². The molecule has 0 aliphatic heterocycles. The first-order valence-corrected chi connectivity index (χ1v) is 10.2. The third-order valence-electron chi connectivity index (χ3n) is 4.86. The maximum absolute atomic E-state index is 13.0. The second kappa shape index (κ2) is 9.00. The number of halogens is 3. The predicted molar refractivity (Wildman–Crippen MR) is 113 cm³/mol. The standard InChI is InChI=1S/C21H19F3N6O4/c1-2-6-30-16-17(27-20(28-19(16)33)34-11-15(31)32)26-18(30)13-8-25-29(10-13)9-12-4-3-5-14(7-12)21(22,23)24/h3-5,7-8,10H,2,6,9,11H2,1H3,(H,31,32)(H,27,28,33). The Morgan fingerprint density at radius 1 is 1.26 bits per heavy atom. The summed E-state index contributed by atoms with van der Waals surface area (Å²) in [4.78, 5) is 34.3. The Hall–Kier alpha value is -4.16. The molecule has 0 bridgehead atoms. The number of hydrogen-bond donors (Lipinski definition) is 2. The van der Waals surface area contributed by atoms with Crippen LogP contribution in [0.15, 0.2) is 41.5 Å². The van der Waals surface area contributed by atoms with Crippen LogP contribution in [0, 0.1) is 0 Å². The normalized spacial score (nSPS) is 11.8. The number of benzene rings is 1. The highest BCUT2D eigenvalue weighted by atomic mass is 19.4. The van der Waals surface area contributed by atoms with Crippen molar-refractivity contribution in [3.8, 4) is 17.4 Å². The molecule has 0 aliphatic carbocycles. The van der Waals surface area contributed by atoms with E-state index >= 15 is 0 Å². The lowest BCUT2D eigenvalue weighted by atomic mass is 10.1. The number of alkyl halides is 3. The van der Waals surface area contributed by atoms with E-state index in [1.807, 2.05) is 6.92 Å². The Kier molecular flexibility index (Phi) is 6.09. The summed E-state index contributed by atoms with van der Waals surface area (Å²) < 4.78 is 47.1. The van der Waals surface area contributed by atoms with E-state index in [2.05, 4.69) is 20.1 Å². The lowest BCUT2D eigenvalue weighted by Gasteiger charge is -2.08. The SMILES string of the molecule is CCCn1c(-c2cnn(Cc3cccc(C(F)(F)F)c3)c2)nc2nc(OCC(=O)O)[nH]c(=O)c21. The number of carboxylic acids is 1. The Balaban J connectivity index is 1.68. The largest absolute Gasteiger partial charge is 0.479 e. The zero-order valence-corrected chi connectivity index (χ0v) is 17.8. The number of hydrogen-bond acceptors (Lipinski definition) is 6. The number of aryl methyl sites for hydroxylation is 1. The molecule has 0 fully saturated rings. The summed E-state index contributed by atoms with van der Waals surface area (Å²) >= 11 is 0. The van der Waals surface area contributed by atoms with Gasteiger partial charge in [0, 0.05) is 12.7 Å². The van der Waals surface area contributed by atoms with Gasteiger partial charge in [-0.2, -0.15) is 23.3 Å². The molecule has 10 nitrogen and oxygen atoms in total. The Labute approximate surface area is 189 Å². The van der Waals surface area contributed by atoms with E-state index in [-0.39, 0.29) is 23.7 Å². The molecule has 0 unspecified atom stereocenters. The molecular weight excluding hydrogens is 457 g/mol. The molecule has 3 heterocycles. The minimum atomic E-state index is -4.44. The van der Waals surface area contributed by atoms with Gasteiger partial charge in [0.2, 0.25) is 0 Å². The number of nitrogens with zero attached hydrogens (tertiary/aromatic N) is 5. The van der Waals surface area contributed by atoms with Crippen LogP contribution in [0.4, 0.5) is 13.2 Å². The molecule has 2 N–H and O–H groups in total. The molecule has 0 atom stereocenters. The quantitative estimate of drug-likeness (QED) is 0.400. The topological polar surface area (TPSA) is 128 Å². The monoisotopic (exact) mass is 476 g/mol. The Morgan fingerprint density at radius 3 is 2.76 bits per heavy atom. The third kappa shape index (κ3) is 4.77. The van der Waals surface area contributed by atoms with Crippen LogP contribution in [0.2, 0.25) is 0 Å². The zero-order chi connectivity index (χ0) is 24.5. The van der Waals surface area contributed by atoms with Crippen LogP contribution < -0.4 is 10.3 Å². The Morgan fingerprint density at radius 2 is 2.06 bits per heavy atom. The summed E-state index contributed by atoms with van der Waals surface area (Å²) in [5, 5.41) is 13.0. The van der Waals surface area contributed by atoms with Crippen LogP contribution in [-0.4, -0.2) is 47.0 Å². The molecule has 4 aromatic rings. The number of imidazole rings is 1. The highest BCUT2D eigenvalue weighted by Gasteiger charge is 2.30. The minimum Gasteiger partial charge on any atom is -0.479 e. The van der Waals surface area contributed by atoms with Gasteiger partial charge >= 0.3 is 12.1 Å². The molecule has 0 amide bonds. The number of H-pyrrole nitrogens is 1. The summed E-state index contributed by atoms with van der Waals surface area (Å²) in [5.41, 5.74) is -0.0821. The predicted octanol–water partition coefficient (Wildman–Crippen LogP) is 2.92. The lowest BCUT2D eigenvalue weighted by Crippen LogP contribution is -2.17. The van der Waals surface area contributed by atoms with Crippen LogP contribution in [0.5, 0.6) is 6.01 Å².